The van der Waals surface area contributed by atoms with Crippen LogP contribution in [0.4, 0.5) is 4.79 Å². The van der Waals surface area contributed by atoms with Crippen LogP contribution < -0.4 is 5.32 Å². The molecule has 2 N–H and O–H groups in total. The molecule has 0 aromatic rings. The molecule has 0 saturated carbocycles. The SMILES string of the molecule is CC(C)C(NC(=O)N1CCN2CCCC2C1)C(=O)O. The Morgan fingerprint density at radius 3 is 2.63 bits per heavy atom. The Balaban J connectivity index is 1.91. The number of piperazine rings is 1. The number of nitrogens with zero attached hydrogens (tertiary/aromatic N) is 2. The number of aliphatic carboxylic acids is 1. The van der Waals surface area contributed by atoms with Gasteiger partial charge in [0.05, 0.1) is 0 Å². The van der Waals surface area contributed by atoms with Crippen LogP contribution in [0.3, 0.4) is 0 Å². The van der Waals surface area contributed by atoms with Crippen LogP contribution in [0.15, 0.2) is 0 Å². The van der Waals surface area contributed by atoms with Crippen molar-refractivity contribution in [1.82, 2.24) is 15.1 Å². The number of hydrogen-bond acceptors (Lipinski definition) is 3. The van der Waals surface area contributed by atoms with Crippen LogP contribution in [-0.4, -0.2) is 65.2 Å². The number of carbonyl (C=O) groups is 2. The van der Waals surface area contributed by atoms with Gasteiger partial charge >= 0.3 is 12.0 Å². The zero-order chi connectivity index (χ0) is 14.0. The molecule has 2 unspecified atom stereocenters. The molecule has 6 heteroatoms. The summed E-state index contributed by atoms with van der Waals surface area (Å²) in [5.41, 5.74) is 0. The van der Waals surface area contributed by atoms with E-state index in [-0.39, 0.29) is 11.9 Å². The van der Waals surface area contributed by atoms with Gasteiger partial charge in [0, 0.05) is 25.7 Å². The second-order valence-electron chi connectivity index (χ2n) is 5.79. The van der Waals surface area contributed by atoms with Gasteiger partial charge < -0.3 is 15.3 Å². The van der Waals surface area contributed by atoms with Crippen LogP contribution in [-0.2, 0) is 4.79 Å². The fourth-order valence-corrected chi connectivity index (χ4v) is 2.91. The van der Waals surface area contributed by atoms with E-state index in [1.807, 2.05) is 0 Å². The van der Waals surface area contributed by atoms with Gasteiger partial charge in [0.2, 0.25) is 0 Å². The first-order chi connectivity index (χ1) is 8.99. The van der Waals surface area contributed by atoms with Crippen molar-refractivity contribution in [1.29, 1.82) is 0 Å². The highest BCUT2D eigenvalue weighted by atomic mass is 16.4. The van der Waals surface area contributed by atoms with E-state index < -0.39 is 12.0 Å². The summed E-state index contributed by atoms with van der Waals surface area (Å²) in [4.78, 5) is 27.4. The number of urea groups is 1. The van der Waals surface area contributed by atoms with Gasteiger partial charge in [-0.15, -0.1) is 0 Å². The van der Waals surface area contributed by atoms with Crippen LogP contribution in [0.25, 0.3) is 0 Å². The molecule has 0 radical (unpaired) electrons. The van der Waals surface area contributed by atoms with Gasteiger partial charge in [0.15, 0.2) is 0 Å². The summed E-state index contributed by atoms with van der Waals surface area (Å²) in [5, 5.41) is 11.7. The minimum Gasteiger partial charge on any atom is -0.480 e. The third kappa shape index (κ3) is 3.18. The summed E-state index contributed by atoms with van der Waals surface area (Å²) in [6.07, 6.45) is 2.33. The maximum absolute atomic E-state index is 12.1. The lowest BCUT2D eigenvalue weighted by molar-refractivity contribution is -0.140. The van der Waals surface area contributed by atoms with E-state index >= 15 is 0 Å². The molecule has 0 aromatic heterocycles. The number of fused-ring (bicyclic) bond motifs is 1. The average molecular weight is 269 g/mol. The van der Waals surface area contributed by atoms with E-state index in [0.717, 1.165) is 26.1 Å². The fraction of sp³-hybridized carbons (Fsp3) is 0.846. The molecule has 0 aliphatic carbocycles. The smallest absolute Gasteiger partial charge is 0.326 e. The monoisotopic (exact) mass is 269 g/mol. The second kappa shape index (κ2) is 5.77. The zero-order valence-corrected chi connectivity index (χ0v) is 11.6. The number of nitrogens with one attached hydrogen (secondary N) is 1. The third-order valence-electron chi connectivity index (χ3n) is 4.09. The standard InChI is InChI=1S/C13H23N3O3/c1-9(2)11(12(17)18)14-13(19)16-7-6-15-5-3-4-10(15)8-16/h9-11H,3-8H2,1-2H3,(H,14,19)(H,17,18). The molecule has 2 amide bonds. The van der Waals surface area contributed by atoms with E-state index in [1.54, 1.807) is 18.7 Å². The Hall–Kier alpha value is -1.30. The van der Waals surface area contributed by atoms with Gasteiger partial charge in [-0.2, -0.15) is 0 Å². The zero-order valence-electron chi connectivity index (χ0n) is 11.6. The molecular formula is C13H23N3O3. The topological polar surface area (TPSA) is 72.9 Å². The Bertz CT molecular complexity index is 359. The fourth-order valence-electron chi connectivity index (χ4n) is 2.91. The molecule has 6 nitrogen and oxygen atoms in total. The molecule has 0 spiro atoms. The quantitative estimate of drug-likeness (QED) is 0.786. The number of carboxylic acids is 1. The van der Waals surface area contributed by atoms with Crippen molar-refractivity contribution < 1.29 is 14.7 Å². The summed E-state index contributed by atoms with van der Waals surface area (Å²) in [6, 6.07) is -0.594. The van der Waals surface area contributed by atoms with Crippen molar-refractivity contribution in [2.75, 3.05) is 26.2 Å². The molecular weight excluding hydrogens is 246 g/mol. The highest BCUT2D eigenvalue weighted by Gasteiger charge is 2.34. The minimum atomic E-state index is -0.970. The third-order valence-corrected chi connectivity index (χ3v) is 4.09. The van der Waals surface area contributed by atoms with E-state index in [4.69, 9.17) is 5.11 Å². The van der Waals surface area contributed by atoms with Crippen molar-refractivity contribution in [3.8, 4) is 0 Å². The van der Waals surface area contributed by atoms with Crippen LogP contribution >= 0.6 is 0 Å². The van der Waals surface area contributed by atoms with E-state index in [9.17, 15) is 9.59 Å². The number of amides is 2. The normalized spacial score (nSPS) is 25.2. The highest BCUT2D eigenvalue weighted by Crippen LogP contribution is 2.21. The van der Waals surface area contributed by atoms with E-state index in [0.29, 0.717) is 12.6 Å². The number of rotatable bonds is 3. The van der Waals surface area contributed by atoms with Gasteiger partial charge in [0.25, 0.3) is 0 Å². The van der Waals surface area contributed by atoms with E-state index in [2.05, 4.69) is 10.2 Å². The summed E-state index contributed by atoms with van der Waals surface area (Å²) in [7, 11) is 0. The predicted molar refractivity (Wildman–Crippen MR) is 71.0 cm³/mol. The lowest BCUT2D eigenvalue weighted by atomic mass is 10.1. The molecule has 2 aliphatic rings. The van der Waals surface area contributed by atoms with Crippen molar-refractivity contribution >= 4 is 12.0 Å². The van der Waals surface area contributed by atoms with Gasteiger partial charge in [-0.1, -0.05) is 13.8 Å². The largest absolute Gasteiger partial charge is 0.480 e. The van der Waals surface area contributed by atoms with E-state index in [1.165, 1.54) is 6.42 Å². The summed E-state index contributed by atoms with van der Waals surface area (Å²) in [5.74, 6) is -1.09. The Labute approximate surface area is 113 Å². The van der Waals surface area contributed by atoms with Crippen molar-refractivity contribution in [3.63, 3.8) is 0 Å². The Morgan fingerprint density at radius 1 is 1.26 bits per heavy atom. The molecule has 108 valence electrons. The molecule has 0 aromatic carbocycles. The Kier molecular flexibility index (Phi) is 4.29. The molecule has 2 fully saturated rings. The summed E-state index contributed by atoms with van der Waals surface area (Å²) in [6.45, 7) is 7.03. The maximum Gasteiger partial charge on any atom is 0.326 e. The van der Waals surface area contributed by atoms with Crippen LogP contribution in [0.2, 0.25) is 0 Å². The van der Waals surface area contributed by atoms with Gasteiger partial charge in [-0.25, -0.2) is 9.59 Å². The highest BCUT2D eigenvalue weighted by molar-refractivity contribution is 5.82. The van der Waals surface area contributed by atoms with Crippen LogP contribution in [0.1, 0.15) is 26.7 Å². The Morgan fingerprint density at radius 2 is 2.00 bits per heavy atom. The molecule has 2 saturated heterocycles. The summed E-state index contributed by atoms with van der Waals surface area (Å²) >= 11 is 0. The number of hydrogen-bond donors (Lipinski definition) is 2. The maximum atomic E-state index is 12.1. The molecule has 2 atom stereocenters. The summed E-state index contributed by atoms with van der Waals surface area (Å²) < 4.78 is 0. The van der Waals surface area contributed by atoms with Gasteiger partial charge in [0.1, 0.15) is 6.04 Å². The molecule has 0 bridgehead atoms. The second-order valence-corrected chi connectivity index (χ2v) is 5.79. The first-order valence-electron chi connectivity index (χ1n) is 7.01. The molecule has 2 heterocycles. The predicted octanol–water partition coefficient (Wildman–Crippen LogP) is 0.585. The minimum absolute atomic E-state index is 0.116. The van der Waals surface area contributed by atoms with Gasteiger partial charge in [-0.05, 0) is 25.3 Å². The number of carbonyl (C=O) groups excluding carboxylic acids is 1. The first-order valence-corrected chi connectivity index (χ1v) is 7.01. The molecule has 19 heavy (non-hydrogen) atoms. The number of carboxylic acid groups (broad SMARTS) is 1. The van der Waals surface area contributed by atoms with Crippen molar-refractivity contribution in [3.05, 3.63) is 0 Å². The van der Waals surface area contributed by atoms with Crippen molar-refractivity contribution in [2.45, 2.75) is 38.8 Å². The van der Waals surface area contributed by atoms with Gasteiger partial charge in [-0.3, -0.25) is 4.90 Å². The van der Waals surface area contributed by atoms with Crippen molar-refractivity contribution in [2.24, 2.45) is 5.92 Å². The molecule has 2 aliphatic heterocycles. The van der Waals surface area contributed by atoms with Crippen LogP contribution in [0.5, 0.6) is 0 Å². The average Bonchev–Trinajstić information content (AvgIpc) is 2.81. The first kappa shape index (κ1) is 14.1. The molecule has 2 rings (SSSR count). The lowest BCUT2D eigenvalue weighted by Gasteiger charge is -2.38. The van der Waals surface area contributed by atoms with Crippen LogP contribution in [0, 0.1) is 5.92 Å². The lowest BCUT2D eigenvalue weighted by Crippen LogP contribution is -2.57.